The van der Waals surface area contributed by atoms with Crippen LogP contribution in [0, 0.1) is 5.92 Å². The van der Waals surface area contributed by atoms with Crippen LogP contribution in [0.5, 0.6) is 0 Å². The molecular formula is C24H25N3O3. The lowest BCUT2D eigenvalue weighted by Crippen LogP contribution is -2.34. The van der Waals surface area contributed by atoms with Crippen molar-refractivity contribution < 1.29 is 14.4 Å². The third-order valence-corrected chi connectivity index (χ3v) is 5.36. The smallest absolute Gasteiger partial charge is 0.251 e. The normalized spacial score (nSPS) is 15.5. The number of amides is 3. The molecule has 0 aromatic heterocycles. The van der Waals surface area contributed by atoms with E-state index in [-0.39, 0.29) is 23.6 Å². The van der Waals surface area contributed by atoms with Crippen LogP contribution in [0.4, 0.5) is 11.4 Å². The van der Waals surface area contributed by atoms with Crippen molar-refractivity contribution in [3.63, 3.8) is 0 Å². The number of rotatable bonds is 6. The number of aryl methyl sites for hydroxylation is 1. The summed E-state index contributed by atoms with van der Waals surface area (Å²) in [5, 5.41) is 5.68. The Balaban J connectivity index is 1.30. The molecule has 30 heavy (non-hydrogen) atoms. The molecule has 1 saturated carbocycles. The maximum atomic E-state index is 12.6. The van der Waals surface area contributed by atoms with Crippen molar-refractivity contribution in [2.75, 3.05) is 16.8 Å². The molecule has 0 saturated heterocycles. The van der Waals surface area contributed by atoms with E-state index in [2.05, 4.69) is 10.6 Å². The Morgan fingerprint density at radius 1 is 1.03 bits per heavy atom. The molecule has 0 bridgehead atoms. The second-order valence-corrected chi connectivity index (χ2v) is 7.74. The van der Waals surface area contributed by atoms with Gasteiger partial charge in [-0.2, -0.15) is 0 Å². The van der Waals surface area contributed by atoms with Gasteiger partial charge in [0.1, 0.15) is 0 Å². The van der Waals surface area contributed by atoms with Gasteiger partial charge in [0.2, 0.25) is 11.8 Å². The number of hydrogen-bond donors (Lipinski definition) is 2. The molecule has 1 heterocycles. The Labute approximate surface area is 176 Å². The van der Waals surface area contributed by atoms with Crippen LogP contribution in [0.2, 0.25) is 0 Å². The highest BCUT2D eigenvalue weighted by Gasteiger charge is 2.29. The molecule has 2 N–H and O–H groups in total. The number of nitrogens with zero attached hydrogens (tertiary/aromatic N) is 1. The van der Waals surface area contributed by atoms with Crippen molar-refractivity contribution in [3.05, 3.63) is 71.8 Å². The monoisotopic (exact) mass is 403 g/mol. The van der Waals surface area contributed by atoms with E-state index in [9.17, 15) is 14.4 Å². The van der Waals surface area contributed by atoms with E-state index < -0.39 is 0 Å². The SMILES string of the molecule is O=C(C=CC(=O)N1CCCc2ccccc21)NCc1cccc(NC(=O)C2CC2)c1. The molecule has 1 aliphatic heterocycles. The summed E-state index contributed by atoms with van der Waals surface area (Å²) in [5.41, 5.74) is 3.68. The van der Waals surface area contributed by atoms with Gasteiger partial charge in [-0.25, -0.2) is 0 Å². The summed E-state index contributed by atoms with van der Waals surface area (Å²) in [4.78, 5) is 38.3. The van der Waals surface area contributed by atoms with Crippen LogP contribution in [0.1, 0.15) is 30.4 Å². The molecule has 154 valence electrons. The van der Waals surface area contributed by atoms with E-state index in [1.807, 2.05) is 48.5 Å². The molecule has 2 aliphatic rings. The van der Waals surface area contributed by atoms with Crippen LogP contribution in [-0.4, -0.2) is 24.3 Å². The number of anilines is 2. The lowest BCUT2D eigenvalue weighted by molar-refractivity contribution is -0.118. The van der Waals surface area contributed by atoms with Crippen molar-refractivity contribution in [2.24, 2.45) is 5.92 Å². The average Bonchev–Trinajstić information content (AvgIpc) is 3.61. The standard InChI is InChI=1S/C24H25N3O3/c28-22(12-13-23(29)27-14-4-7-18-6-1-2-9-21(18)27)25-16-17-5-3-8-20(15-17)26-24(30)19-10-11-19/h1-3,5-6,8-9,12-13,15,19H,4,7,10-11,14,16H2,(H,25,28)(H,26,30). The molecule has 0 radical (unpaired) electrons. The number of carbonyl (C=O) groups excluding carboxylic acids is 3. The van der Waals surface area contributed by atoms with Crippen LogP contribution < -0.4 is 15.5 Å². The van der Waals surface area contributed by atoms with E-state index in [4.69, 9.17) is 0 Å². The first kappa shape index (κ1) is 19.9. The van der Waals surface area contributed by atoms with Gasteiger partial charge in [-0.3, -0.25) is 14.4 Å². The van der Waals surface area contributed by atoms with Crippen LogP contribution >= 0.6 is 0 Å². The van der Waals surface area contributed by atoms with Gasteiger partial charge >= 0.3 is 0 Å². The molecule has 0 unspecified atom stereocenters. The summed E-state index contributed by atoms with van der Waals surface area (Å²) in [6, 6.07) is 15.3. The molecule has 6 heteroatoms. The quantitative estimate of drug-likeness (QED) is 0.727. The molecular weight excluding hydrogens is 378 g/mol. The first-order valence-electron chi connectivity index (χ1n) is 10.4. The van der Waals surface area contributed by atoms with Crippen molar-refractivity contribution in [3.8, 4) is 0 Å². The fourth-order valence-corrected chi connectivity index (χ4v) is 3.60. The van der Waals surface area contributed by atoms with Crippen LogP contribution in [0.25, 0.3) is 0 Å². The zero-order chi connectivity index (χ0) is 20.9. The predicted octanol–water partition coefficient (Wildman–Crippen LogP) is 3.19. The van der Waals surface area contributed by atoms with Gasteiger partial charge in [-0.1, -0.05) is 30.3 Å². The lowest BCUT2D eigenvalue weighted by atomic mass is 10.0. The number of para-hydroxylation sites is 1. The summed E-state index contributed by atoms with van der Waals surface area (Å²) in [6.07, 6.45) is 6.38. The highest BCUT2D eigenvalue weighted by molar-refractivity contribution is 6.05. The Kier molecular flexibility index (Phi) is 5.93. The summed E-state index contributed by atoms with van der Waals surface area (Å²) >= 11 is 0. The fourth-order valence-electron chi connectivity index (χ4n) is 3.60. The Bertz CT molecular complexity index is 995. The van der Waals surface area contributed by atoms with Gasteiger partial charge in [-0.05, 0) is 55.0 Å². The average molecular weight is 403 g/mol. The van der Waals surface area contributed by atoms with E-state index >= 15 is 0 Å². The number of nitrogens with one attached hydrogen (secondary N) is 2. The van der Waals surface area contributed by atoms with E-state index in [1.165, 1.54) is 12.2 Å². The van der Waals surface area contributed by atoms with Crippen molar-refractivity contribution in [1.29, 1.82) is 0 Å². The van der Waals surface area contributed by atoms with Crippen LogP contribution in [-0.2, 0) is 27.3 Å². The number of benzene rings is 2. The van der Waals surface area contributed by atoms with E-state index in [0.717, 1.165) is 48.2 Å². The summed E-state index contributed by atoms with van der Waals surface area (Å²) in [6.45, 7) is 0.970. The Morgan fingerprint density at radius 2 is 1.87 bits per heavy atom. The number of hydrogen-bond acceptors (Lipinski definition) is 3. The van der Waals surface area contributed by atoms with Gasteiger partial charge in [0.05, 0.1) is 0 Å². The molecule has 0 spiro atoms. The second-order valence-electron chi connectivity index (χ2n) is 7.74. The Hall–Kier alpha value is -3.41. The predicted molar refractivity (Wildman–Crippen MR) is 116 cm³/mol. The molecule has 3 amide bonds. The highest BCUT2D eigenvalue weighted by atomic mass is 16.2. The molecule has 1 aliphatic carbocycles. The first-order chi connectivity index (χ1) is 14.6. The largest absolute Gasteiger partial charge is 0.348 e. The minimum Gasteiger partial charge on any atom is -0.348 e. The highest BCUT2D eigenvalue weighted by Crippen LogP contribution is 2.30. The maximum absolute atomic E-state index is 12.6. The van der Waals surface area contributed by atoms with E-state index in [0.29, 0.717) is 13.1 Å². The van der Waals surface area contributed by atoms with Gasteiger partial charge in [0.25, 0.3) is 5.91 Å². The van der Waals surface area contributed by atoms with E-state index in [1.54, 1.807) is 4.90 Å². The van der Waals surface area contributed by atoms with Gasteiger partial charge in [-0.15, -0.1) is 0 Å². The zero-order valence-corrected chi connectivity index (χ0v) is 16.8. The van der Waals surface area contributed by atoms with Crippen LogP contribution in [0.3, 0.4) is 0 Å². The molecule has 1 fully saturated rings. The zero-order valence-electron chi connectivity index (χ0n) is 16.8. The Morgan fingerprint density at radius 3 is 2.70 bits per heavy atom. The molecule has 2 aromatic carbocycles. The van der Waals surface area contributed by atoms with Gasteiger partial charge < -0.3 is 15.5 Å². The second kappa shape index (κ2) is 8.95. The minimum atomic E-state index is -0.332. The lowest BCUT2D eigenvalue weighted by Gasteiger charge is -2.28. The third-order valence-electron chi connectivity index (χ3n) is 5.36. The van der Waals surface area contributed by atoms with Crippen molar-refractivity contribution >= 4 is 29.1 Å². The maximum Gasteiger partial charge on any atom is 0.251 e. The topological polar surface area (TPSA) is 78.5 Å². The van der Waals surface area contributed by atoms with Gasteiger partial charge in [0.15, 0.2) is 0 Å². The molecule has 6 nitrogen and oxygen atoms in total. The van der Waals surface area contributed by atoms with Crippen LogP contribution in [0.15, 0.2) is 60.7 Å². The third kappa shape index (κ3) is 4.95. The molecule has 4 rings (SSSR count). The van der Waals surface area contributed by atoms with Gasteiger partial charge in [0, 0.05) is 42.5 Å². The number of fused-ring (bicyclic) bond motifs is 1. The number of carbonyl (C=O) groups is 3. The summed E-state index contributed by atoms with van der Waals surface area (Å²) in [5.74, 6) is -0.331. The first-order valence-corrected chi connectivity index (χ1v) is 10.4. The van der Waals surface area contributed by atoms with Crippen molar-refractivity contribution in [1.82, 2.24) is 5.32 Å². The minimum absolute atomic E-state index is 0.0527. The summed E-state index contributed by atoms with van der Waals surface area (Å²) < 4.78 is 0. The van der Waals surface area contributed by atoms with Crippen molar-refractivity contribution in [2.45, 2.75) is 32.2 Å². The molecule has 0 atom stereocenters. The fraction of sp³-hybridized carbons (Fsp3) is 0.292. The summed E-state index contributed by atoms with van der Waals surface area (Å²) in [7, 11) is 0. The molecule has 2 aromatic rings.